The van der Waals surface area contributed by atoms with Gasteiger partial charge in [-0.2, -0.15) is 0 Å². The molecule has 0 aliphatic carbocycles. The minimum atomic E-state index is 0.0810. The van der Waals surface area contributed by atoms with Crippen LogP contribution >= 0.6 is 15.9 Å². The summed E-state index contributed by atoms with van der Waals surface area (Å²) in [5, 5.41) is 3.56. The molecule has 1 aromatic heterocycles. The fourth-order valence-electron chi connectivity index (χ4n) is 2.78. The first-order valence-electron chi connectivity index (χ1n) is 7.45. The van der Waals surface area contributed by atoms with E-state index < -0.39 is 0 Å². The van der Waals surface area contributed by atoms with E-state index in [0.717, 1.165) is 35.6 Å². The Morgan fingerprint density at radius 1 is 1.33 bits per heavy atom. The van der Waals surface area contributed by atoms with Gasteiger partial charge in [0.05, 0.1) is 6.04 Å². The van der Waals surface area contributed by atoms with Crippen LogP contribution in [0.5, 0.6) is 5.75 Å². The van der Waals surface area contributed by atoms with Gasteiger partial charge in [-0.15, -0.1) is 0 Å². The smallest absolute Gasteiger partial charge is 0.169 e. The molecule has 112 valence electrons. The van der Waals surface area contributed by atoms with Gasteiger partial charge in [0.1, 0.15) is 17.6 Å². The average molecular weight is 350 g/mol. The molecule has 1 N–H and O–H groups in total. The molecule has 0 amide bonds. The first kappa shape index (κ1) is 14.7. The van der Waals surface area contributed by atoms with Gasteiger partial charge in [0.15, 0.2) is 4.67 Å². The van der Waals surface area contributed by atoms with E-state index in [1.807, 2.05) is 12.1 Å². The van der Waals surface area contributed by atoms with Crippen molar-refractivity contribution in [2.75, 3.05) is 6.54 Å². The average Bonchev–Trinajstić information content (AvgIpc) is 3.04. The van der Waals surface area contributed by atoms with E-state index in [-0.39, 0.29) is 12.1 Å². The first-order chi connectivity index (χ1) is 10.2. The normalized spacial score (nSPS) is 18.3. The number of rotatable bonds is 5. The summed E-state index contributed by atoms with van der Waals surface area (Å²) >= 11 is 3.38. The van der Waals surface area contributed by atoms with Crippen molar-refractivity contribution in [3.05, 3.63) is 51.9 Å². The summed E-state index contributed by atoms with van der Waals surface area (Å²) in [6, 6.07) is 10.5. The monoisotopic (exact) mass is 349 g/mol. The Morgan fingerprint density at radius 2 is 2.19 bits per heavy atom. The van der Waals surface area contributed by atoms with Crippen molar-refractivity contribution in [1.82, 2.24) is 5.32 Å². The lowest BCUT2D eigenvalue weighted by atomic mass is 10.00. The van der Waals surface area contributed by atoms with Crippen LogP contribution in [0.1, 0.15) is 43.2 Å². The number of fused-ring (bicyclic) bond motifs is 1. The van der Waals surface area contributed by atoms with E-state index in [0.29, 0.717) is 0 Å². The maximum Gasteiger partial charge on any atom is 0.169 e. The van der Waals surface area contributed by atoms with Crippen molar-refractivity contribution >= 4 is 15.9 Å². The van der Waals surface area contributed by atoms with Gasteiger partial charge < -0.3 is 14.5 Å². The van der Waals surface area contributed by atoms with E-state index in [2.05, 4.69) is 53.3 Å². The van der Waals surface area contributed by atoms with Gasteiger partial charge in [-0.05, 0) is 71.2 Å². The summed E-state index contributed by atoms with van der Waals surface area (Å²) < 4.78 is 12.3. The van der Waals surface area contributed by atoms with Gasteiger partial charge in [0.25, 0.3) is 0 Å². The SMILES string of the molecule is CCCNC(c1ccc2c(c1)CC(C)O2)c1ccc(Br)o1. The number of nitrogens with one attached hydrogen (secondary N) is 1. The summed E-state index contributed by atoms with van der Waals surface area (Å²) in [4.78, 5) is 0. The maximum atomic E-state index is 5.78. The summed E-state index contributed by atoms with van der Waals surface area (Å²) in [6.45, 7) is 5.23. The summed E-state index contributed by atoms with van der Waals surface area (Å²) in [6.07, 6.45) is 2.34. The van der Waals surface area contributed by atoms with Crippen LogP contribution in [-0.4, -0.2) is 12.6 Å². The highest BCUT2D eigenvalue weighted by atomic mass is 79.9. The van der Waals surface area contributed by atoms with Gasteiger partial charge in [-0.25, -0.2) is 0 Å². The summed E-state index contributed by atoms with van der Waals surface area (Å²) in [5.74, 6) is 1.95. The second-order valence-electron chi connectivity index (χ2n) is 5.53. The Labute approximate surface area is 133 Å². The fourth-order valence-corrected chi connectivity index (χ4v) is 3.10. The lowest BCUT2D eigenvalue weighted by molar-refractivity contribution is 0.254. The molecular weight excluding hydrogens is 330 g/mol. The maximum absolute atomic E-state index is 5.78. The molecule has 3 rings (SSSR count). The molecule has 2 aromatic rings. The van der Waals surface area contributed by atoms with Gasteiger partial charge in [0.2, 0.25) is 0 Å². The Balaban J connectivity index is 1.91. The highest BCUT2D eigenvalue weighted by molar-refractivity contribution is 9.10. The number of benzene rings is 1. The molecule has 0 saturated heterocycles. The van der Waals surface area contributed by atoms with Crippen molar-refractivity contribution in [1.29, 1.82) is 0 Å². The molecular formula is C17H20BrNO2. The lowest BCUT2D eigenvalue weighted by Gasteiger charge is -2.17. The fraction of sp³-hybridized carbons (Fsp3) is 0.412. The minimum Gasteiger partial charge on any atom is -0.490 e. The molecule has 0 spiro atoms. The van der Waals surface area contributed by atoms with E-state index in [9.17, 15) is 0 Å². The molecule has 1 aromatic carbocycles. The van der Waals surface area contributed by atoms with Crippen LogP contribution in [0.3, 0.4) is 0 Å². The molecule has 0 saturated carbocycles. The van der Waals surface area contributed by atoms with Crippen molar-refractivity contribution < 1.29 is 9.15 Å². The Bertz CT molecular complexity index is 623. The number of hydrogen-bond donors (Lipinski definition) is 1. The molecule has 4 heteroatoms. The quantitative estimate of drug-likeness (QED) is 0.865. The molecule has 2 atom stereocenters. The lowest BCUT2D eigenvalue weighted by Crippen LogP contribution is -2.22. The highest BCUT2D eigenvalue weighted by Crippen LogP contribution is 2.33. The zero-order valence-electron chi connectivity index (χ0n) is 12.4. The van der Waals surface area contributed by atoms with Crippen LogP contribution < -0.4 is 10.1 Å². The van der Waals surface area contributed by atoms with Crippen molar-refractivity contribution in [3.8, 4) is 5.75 Å². The molecule has 0 bridgehead atoms. The number of furan rings is 1. The van der Waals surface area contributed by atoms with Crippen molar-refractivity contribution in [3.63, 3.8) is 0 Å². The van der Waals surface area contributed by atoms with Crippen molar-refractivity contribution in [2.24, 2.45) is 0 Å². The molecule has 1 aliphatic heterocycles. The molecule has 2 heterocycles. The first-order valence-corrected chi connectivity index (χ1v) is 8.24. The molecule has 21 heavy (non-hydrogen) atoms. The Morgan fingerprint density at radius 3 is 2.90 bits per heavy atom. The summed E-state index contributed by atoms with van der Waals surface area (Å²) in [5.41, 5.74) is 2.51. The van der Waals surface area contributed by atoms with Crippen LogP contribution in [-0.2, 0) is 6.42 Å². The number of hydrogen-bond acceptors (Lipinski definition) is 3. The predicted octanol–water partition coefficient (Wildman–Crippen LogP) is 4.45. The van der Waals surface area contributed by atoms with Gasteiger partial charge in [0, 0.05) is 6.42 Å². The van der Waals surface area contributed by atoms with Gasteiger partial charge in [-0.1, -0.05) is 13.0 Å². The standard InChI is InChI=1S/C17H20BrNO2/c1-3-8-19-17(15-6-7-16(18)21-15)12-4-5-14-13(10-12)9-11(2)20-14/h4-7,10-11,17,19H,3,8-9H2,1-2H3. The van der Waals surface area contributed by atoms with Crippen LogP contribution in [0.2, 0.25) is 0 Å². The second-order valence-corrected chi connectivity index (χ2v) is 6.31. The van der Waals surface area contributed by atoms with E-state index in [1.54, 1.807) is 0 Å². The topological polar surface area (TPSA) is 34.4 Å². The van der Waals surface area contributed by atoms with E-state index in [1.165, 1.54) is 11.1 Å². The number of halogens is 1. The van der Waals surface area contributed by atoms with Crippen LogP contribution in [0.4, 0.5) is 0 Å². The number of ether oxygens (including phenoxy) is 1. The second kappa shape index (κ2) is 6.24. The van der Waals surface area contributed by atoms with Crippen LogP contribution in [0, 0.1) is 0 Å². The zero-order chi connectivity index (χ0) is 14.8. The molecule has 0 fully saturated rings. The van der Waals surface area contributed by atoms with E-state index >= 15 is 0 Å². The van der Waals surface area contributed by atoms with Crippen LogP contribution in [0.25, 0.3) is 0 Å². The Kier molecular flexibility index (Phi) is 4.36. The highest BCUT2D eigenvalue weighted by Gasteiger charge is 2.23. The largest absolute Gasteiger partial charge is 0.490 e. The zero-order valence-corrected chi connectivity index (χ0v) is 13.9. The molecule has 3 nitrogen and oxygen atoms in total. The molecule has 1 aliphatic rings. The predicted molar refractivity (Wildman–Crippen MR) is 86.8 cm³/mol. The summed E-state index contributed by atoms with van der Waals surface area (Å²) in [7, 11) is 0. The van der Waals surface area contributed by atoms with Gasteiger partial charge in [-0.3, -0.25) is 0 Å². The minimum absolute atomic E-state index is 0.0810. The van der Waals surface area contributed by atoms with Gasteiger partial charge >= 0.3 is 0 Å². The van der Waals surface area contributed by atoms with Crippen LogP contribution in [0.15, 0.2) is 39.4 Å². The van der Waals surface area contributed by atoms with Crippen molar-refractivity contribution in [2.45, 2.75) is 38.8 Å². The third kappa shape index (κ3) is 3.16. The van der Waals surface area contributed by atoms with E-state index in [4.69, 9.17) is 9.15 Å². The molecule has 0 radical (unpaired) electrons. The third-order valence-corrected chi connectivity index (χ3v) is 4.16. The third-order valence-electron chi connectivity index (χ3n) is 3.73. The molecule has 2 unspecified atom stereocenters. The Hall–Kier alpha value is -1.26.